The fraction of sp³-hybridized carbons (Fsp3) is 0.902. The largest absolute Gasteiger partial charge is 0.519 e. The van der Waals surface area contributed by atoms with Gasteiger partial charge in [0.1, 0.15) is 30.5 Å². The number of carbonyl (C=O) groups excluding carboxylic acids is 2. The standard InChI is InChI=1S/C41H70O13SSi/c1-25(2)9-8-10-26(3)30-13-14-31-29-12-11-27-23-28(17-19-40(27,4)32(29)18-20-41(30,31)5)52-34(42)15-16-35(43)54-56(6,7)22-21-50-39-38(46)37(45)36(44)33(53-39)24-51-55(47,48)49/h11,25-26,28-33,36-39,44-46H,8-10,12-24H2,1-7H3,(H,47,48,49)/t26-,28+,29+,30-,31+,32+,33-,36+,37+,38-,39?,40+,41-/m1/s1. The van der Waals surface area contributed by atoms with Crippen LogP contribution in [0.4, 0.5) is 0 Å². The van der Waals surface area contributed by atoms with E-state index in [0.29, 0.717) is 11.3 Å². The number of fused-ring (bicyclic) bond motifs is 5. The van der Waals surface area contributed by atoms with Crippen LogP contribution in [0.15, 0.2) is 11.6 Å². The van der Waals surface area contributed by atoms with Gasteiger partial charge in [-0.1, -0.05) is 65.5 Å². The van der Waals surface area contributed by atoms with E-state index in [2.05, 4.69) is 44.9 Å². The second-order valence-electron chi connectivity index (χ2n) is 19.2. The molecule has 3 saturated carbocycles. The third-order valence-electron chi connectivity index (χ3n) is 14.5. The summed E-state index contributed by atoms with van der Waals surface area (Å²) < 4.78 is 57.5. The summed E-state index contributed by atoms with van der Waals surface area (Å²) in [4.78, 5) is 25.7. The quantitative estimate of drug-likeness (QED) is 0.0568. The van der Waals surface area contributed by atoms with E-state index in [1.54, 1.807) is 13.1 Å². The van der Waals surface area contributed by atoms with Crippen molar-refractivity contribution in [1.29, 1.82) is 0 Å². The zero-order chi connectivity index (χ0) is 41.2. The van der Waals surface area contributed by atoms with Crippen LogP contribution in [0.3, 0.4) is 0 Å². The van der Waals surface area contributed by atoms with Crippen LogP contribution in [0.2, 0.25) is 19.1 Å². The second-order valence-corrected chi connectivity index (χ2v) is 24.5. The molecule has 5 aliphatic rings. The first-order valence-electron chi connectivity index (χ1n) is 21.2. The van der Waals surface area contributed by atoms with Crippen LogP contribution < -0.4 is 0 Å². The molecule has 0 aromatic rings. The smallest absolute Gasteiger partial charge is 0.397 e. The molecule has 0 spiro atoms. The predicted octanol–water partition coefficient (Wildman–Crippen LogP) is 6.11. The van der Waals surface area contributed by atoms with Crippen molar-refractivity contribution in [3.63, 3.8) is 0 Å². The van der Waals surface area contributed by atoms with Crippen LogP contribution in [-0.2, 0) is 42.8 Å². The molecule has 1 saturated heterocycles. The van der Waals surface area contributed by atoms with E-state index < -0.39 is 68.0 Å². The molecule has 4 N–H and O–H groups in total. The van der Waals surface area contributed by atoms with Crippen molar-refractivity contribution in [3.05, 3.63) is 11.6 Å². The lowest BCUT2D eigenvalue weighted by atomic mass is 9.47. The highest BCUT2D eigenvalue weighted by Gasteiger charge is 2.59. The van der Waals surface area contributed by atoms with Gasteiger partial charge in [0.15, 0.2) is 6.29 Å². The summed E-state index contributed by atoms with van der Waals surface area (Å²) in [6.07, 6.45) is 7.29. The van der Waals surface area contributed by atoms with Crippen LogP contribution >= 0.6 is 0 Å². The van der Waals surface area contributed by atoms with E-state index >= 15 is 0 Å². The Morgan fingerprint density at radius 3 is 2.36 bits per heavy atom. The van der Waals surface area contributed by atoms with E-state index in [4.69, 9.17) is 23.2 Å². The lowest BCUT2D eigenvalue weighted by Gasteiger charge is -2.58. The van der Waals surface area contributed by atoms with E-state index in [1.165, 1.54) is 50.5 Å². The van der Waals surface area contributed by atoms with E-state index in [-0.39, 0.29) is 37.0 Å². The van der Waals surface area contributed by atoms with Crippen LogP contribution in [0, 0.1) is 46.3 Å². The van der Waals surface area contributed by atoms with E-state index in [9.17, 15) is 33.3 Å². The molecule has 0 amide bonds. The maximum absolute atomic E-state index is 13.0. The van der Waals surface area contributed by atoms with Crippen LogP contribution in [0.5, 0.6) is 0 Å². The molecular weight excluding hydrogens is 761 g/mol. The minimum Gasteiger partial charge on any atom is -0.519 e. The first-order chi connectivity index (χ1) is 26.1. The minimum atomic E-state index is -4.83. The molecule has 1 heterocycles. The van der Waals surface area contributed by atoms with Crippen molar-refractivity contribution in [2.75, 3.05) is 13.2 Å². The highest BCUT2D eigenvalue weighted by molar-refractivity contribution is 7.80. The van der Waals surface area contributed by atoms with Crippen molar-refractivity contribution in [3.8, 4) is 0 Å². The topological polar surface area (TPSA) is 195 Å². The van der Waals surface area contributed by atoms with Gasteiger partial charge in [-0.05, 0) is 104 Å². The SMILES string of the molecule is CC(C)CCC[C@@H](C)[C@H]1CC[C@H]2[C@@H]3CC=C4C[C@@H](OC(=O)CCC(=O)O[Si](C)(C)CCOC5O[C@H](COS(=O)(=O)O)[C@H](O)[C@H](O)[C@H]5O)CC[C@]4(C)[C@H]3CC[C@]12C. The Morgan fingerprint density at radius 2 is 1.66 bits per heavy atom. The molecule has 1 aliphatic heterocycles. The Labute approximate surface area is 335 Å². The fourth-order valence-electron chi connectivity index (χ4n) is 11.4. The maximum Gasteiger partial charge on any atom is 0.397 e. The molecule has 13 nitrogen and oxygen atoms in total. The number of hydrogen-bond donors (Lipinski definition) is 4. The van der Waals surface area contributed by atoms with Gasteiger partial charge < -0.3 is 34.0 Å². The first kappa shape index (κ1) is 45.6. The zero-order valence-corrected chi connectivity index (χ0v) is 36.5. The monoisotopic (exact) mass is 830 g/mol. The van der Waals surface area contributed by atoms with Gasteiger partial charge in [-0.15, -0.1) is 0 Å². The predicted molar refractivity (Wildman–Crippen MR) is 211 cm³/mol. The molecule has 0 aromatic carbocycles. The lowest BCUT2D eigenvalue weighted by Crippen LogP contribution is -2.59. The summed E-state index contributed by atoms with van der Waals surface area (Å²) >= 11 is 0. The number of ether oxygens (including phenoxy) is 3. The Balaban J connectivity index is 1.04. The zero-order valence-electron chi connectivity index (χ0n) is 34.7. The van der Waals surface area contributed by atoms with Crippen molar-refractivity contribution >= 4 is 30.7 Å². The summed E-state index contributed by atoms with van der Waals surface area (Å²) in [5.41, 5.74) is 2.05. The molecule has 0 bridgehead atoms. The third kappa shape index (κ3) is 10.8. The number of carbonyl (C=O) groups is 2. The molecule has 4 fully saturated rings. The summed E-state index contributed by atoms with van der Waals surface area (Å²) in [6.45, 7) is 15.0. The van der Waals surface area contributed by atoms with Gasteiger partial charge in [-0.3, -0.25) is 14.1 Å². The molecule has 0 aromatic heterocycles. The molecule has 56 heavy (non-hydrogen) atoms. The number of esters is 1. The fourth-order valence-corrected chi connectivity index (χ4v) is 13.1. The van der Waals surface area contributed by atoms with Crippen LogP contribution in [0.1, 0.15) is 118 Å². The van der Waals surface area contributed by atoms with E-state index in [0.717, 1.165) is 55.3 Å². The molecule has 0 radical (unpaired) electrons. The Kier molecular flexibility index (Phi) is 15.0. The number of allylic oxidation sites excluding steroid dienone is 1. The number of rotatable bonds is 17. The van der Waals surface area contributed by atoms with Crippen LogP contribution in [-0.4, -0.2) is 98.6 Å². The minimum absolute atomic E-state index is 0.0543. The highest BCUT2D eigenvalue weighted by atomic mass is 32.3. The molecular formula is C41H70O13SSi. The van der Waals surface area contributed by atoms with Crippen molar-refractivity contribution < 1.29 is 60.7 Å². The van der Waals surface area contributed by atoms with Gasteiger partial charge in [0.05, 0.1) is 26.1 Å². The van der Waals surface area contributed by atoms with Gasteiger partial charge in [0, 0.05) is 12.5 Å². The Bertz CT molecular complexity index is 1500. The summed E-state index contributed by atoms with van der Waals surface area (Å²) in [6, 6.07) is 0.274. The van der Waals surface area contributed by atoms with Gasteiger partial charge in [-0.25, -0.2) is 4.18 Å². The van der Waals surface area contributed by atoms with Gasteiger partial charge in [0.2, 0.25) is 0 Å². The number of hydrogen-bond acceptors (Lipinski definition) is 12. The highest BCUT2D eigenvalue weighted by Crippen LogP contribution is 2.67. The van der Waals surface area contributed by atoms with Crippen molar-refractivity contribution in [2.24, 2.45) is 46.3 Å². The van der Waals surface area contributed by atoms with Crippen LogP contribution in [0.25, 0.3) is 0 Å². The molecule has 322 valence electrons. The Hall–Kier alpha value is -1.43. The average Bonchev–Trinajstić information content (AvgIpc) is 3.47. The molecule has 1 unspecified atom stereocenters. The average molecular weight is 831 g/mol. The number of aliphatic hydroxyl groups excluding tert-OH is 3. The maximum atomic E-state index is 13.0. The van der Waals surface area contributed by atoms with Gasteiger partial charge in [-0.2, -0.15) is 8.42 Å². The summed E-state index contributed by atoms with van der Waals surface area (Å²) in [7, 11) is -7.50. The lowest BCUT2D eigenvalue weighted by molar-refractivity contribution is -0.299. The second kappa shape index (κ2) is 18.5. The number of aliphatic hydroxyl groups is 3. The molecule has 5 rings (SSSR count). The Morgan fingerprint density at radius 1 is 0.946 bits per heavy atom. The molecule has 15 heteroatoms. The summed E-state index contributed by atoms with van der Waals surface area (Å²) in [5.74, 6) is 3.69. The van der Waals surface area contributed by atoms with Gasteiger partial charge in [0.25, 0.3) is 14.3 Å². The van der Waals surface area contributed by atoms with Crippen molar-refractivity contribution in [1.82, 2.24) is 0 Å². The van der Waals surface area contributed by atoms with Gasteiger partial charge >= 0.3 is 16.4 Å². The molecule has 13 atom stereocenters. The molecule has 4 aliphatic carbocycles. The third-order valence-corrected chi connectivity index (χ3v) is 17.1. The first-order valence-corrected chi connectivity index (χ1v) is 25.7. The van der Waals surface area contributed by atoms with Crippen molar-refractivity contribution in [2.45, 2.75) is 174 Å². The normalized spacial score (nSPS) is 37.9. The summed E-state index contributed by atoms with van der Waals surface area (Å²) in [5, 5.41) is 30.5. The van der Waals surface area contributed by atoms with E-state index in [1.807, 2.05) is 0 Å².